The Kier molecular flexibility index (Phi) is 0.770. The van der Waals surface area contributed by atoms with Gasteiger partial charge in [0, 0.05) is 0 Å². The molecule has 0 aromatic rings. The highest BCUT2D eigenvalue weighted by atomic mass is 16.4. The number of aliphatic carboxylic acids is 1. The fourth-order valence-electron chi connectivity index (χ4n) is 1.71. The second-order valence-electron chi connectivity index (χ2n) is 2.77. The minimum Gasteiger partial charge on any atom is -0.481 e. The quantitative estimate of drug-likeness (QED) is 0.527. The number of carbonyl (C=O) groups is 1. The van der Waals surface area contributed by atoms with Gasteiger partial charge >= 0.3 is 5.97 Å². The molecule has 0 aliphatic heterocycles. The zero-order valence-corrected chi connectivity index (χ0v) is 4.95. The largest absolute Gasteiger partial charge is 0.481 e. The van der Waals surface area contributed by atoms with Gasteiger partial charge in [0.1, 0.15) is 0 Å². The maximum absolute atomic E-state index is 10.3. The molecular weight excluding hydrogens is 116 g/mol. The molecule has 48 valence electrons. The molecule has 1 N–H and O–H groups in total. The van der Waals surface area contributed by atoms with Crippen molar-refractivity contribution in [3.63, 3.8) is 0 Å². The van der Waals surface area contributed by atoms with E-state index in [9.17, 15) is 4.79 Å². The van der Waals surface area contributed by atoms with Crippen molar-refractivity contribution in [2.75, 3.05) is 0 Å². The molecule has 2 aliphatic rings. The summed E-state index contributed by atoms with van der Waals surface area (Å²) < 4.78 is 0. The third-order valence-corrected chi connectivity index (χ3v) is 2.28. The summed E-state index contributed by atoms with van der Waals surface area (Å²) in [5, 5.41) is 8.53. The highest BCUT2D eigenvalue weighted by molar-refractivity contribution is 5.75. The van der Waals surface area contributed by atoms with Gasteiger partial charge in [0.2, 0.25) is 0 Å². The lowest BCUT2D eigenvalue weighted by molar-refractivity contribution is -0.139. The molecule has 0 unspecified atom stereocenters. The molecule has 2 rings (SSSR count). The van der Waals surface area contributed by atoms with E-state index in [1.165, 1.54) is 0 Å². The molecule has 1 fully saturated rings. The summed E-state index contributed by atoms with van der Waals surface area (Å²) >= 11 is 0. The Morgan fingerprint density at radius 1 is 1.67 bits per heavy atom. The van der Waals surface area contributed by atoms with Gasteiger partial charge in [-0.1, -0.05) is 12.2 Å². The van der Waals surface area contributed by atoms with Crippen molar-refractivity contribution in [1.82, 2.24) is 0 Å². The standard InChI is InChI=1S/C7H8O2/c8-7(9)6-4-2-1-3-5(4)6/h1-2,4-6H,3H2,(H,8,9)/t4-,5+,6+/m1/s1. The van der Waals surface area contributed by atoms with E-state index in [0.29, 0.717) is 11.8 Å². The zero-order chi connectivity index (χ0) is 6.43. The fourth-order valence-corrected chi connectivity index (χ4v) is 1.71. The van der Waals surface area contributed by atoms with E-state index < -0.39 is 5.97 Å². The van der Waals surface area contributed by atoms with Gasteiger partial charge in [-0.15, -0.1) is 0 Å². The third kappa shape index (κ3) is 0.530. The van der Waals surface area contributed by atoms with Crippen LogP contribution in [-0.4, -0.2) is 11.1 Å². The van der Waals surface area contributed by atoms with Crippen LogP contribution < -0.4 is 0 Å². The van der Waals surface area contributed by atoms with E-state index >= 15 is 0 Å². The SMILES string of the molecule is O=C(O)[C@H]1[C@@H]2C=CC[C@@H]21. The topological polar surface area (TPSA) is 37.3 Å². The molecule has 0 saturated heterocycles. The summed E-state index contributed by atoms with van der Waals surface area (Å²) in [6.45, 7) is 0. The van der Waals surface area contributed by atoms with Crippen molar-refractivity contribution in [3.8, 4) is 0 Å². The van der Waals surface area contributed by atoms with Crippen LogP contribution in [0.15, 0.2) is 12.2 Å². The van der Waals surface area contributed by atoms with Crippen molar-refractivity contribution in [1.29, 1.82) is 0 Å². The van der Waals surface area contributed by atoms with Crippen molar-refractivity contribution in [3.05, 3.63) is 12.2 Å². The molecular formula is C7H8O2. The summed E-state index contributed by atoms with van der Waals surface area (Å²) in [5.41, 5.74) is 0. The number of hydrogen-bond donors (Lipinski definition) is 1. The Bertz CT molecular complexity index is 183. The molecule has 0 spiro atoms. The van der Waals surface area contributed by atoms with Crippen LogP contribution in [0.4, 0.5) is 0 Å². The van der Waals surface area contributed by atoms with Crippen LogP contribution in [0.5, 0.6) is 0 Å². The van der Waals surface area contributed by atoms with Crippen molar-refractivity contribution in [2.45, 2.75) is 6.42 Å². The first kappa shape index (κ1) is 5.03. The molecule has 3 atom stereocenters. The Hall–Kier alpha value is -0.790. The highest BCUT2D eigenvalue weighted by Gasteiger charge is 2.54. The summed E-state index contributed by atoms with van der Waals surface area (Å²) in [4.78, 5) is 10.3. The van der Waals surface area contributed by atoms with Gasteiger partial charge in [0.25, 0.3) is 0 Å². The van der Waals surface area contributed by atoms with Crippen LogP contribution in [0.25, 0.3) is 0 Å². The molecule has 2 aliphatic carbocycles. The molecule has 0 amide bonds. The predicted octanol–water partition coefficient (Wildman–Crippen LogP) is 0.893. The average molecular weight is 124 g/mol. The zero-order valence-electron chi connectivity index (χ0n) is 4.95. The number of carboxylic acid groups (broad SMARTS) is 1. The number of hydrogen-bond acceptors (Lipinski definition) is 1. The number of carboxylic acids is 1. The monoisotopic (exact) mass is 124 g/mol. The van der Waals surface area contributed by atoms with E-state index in [4.69, 9.17) is 5.11 Å². The first-order valence-corrected chi connectivity index (χ1v) is 3.20. The first-order chi connectivity index (χ1) is 4.30. The molecule has 9 heavy (non-hydrogen) atoms. The molecule has 0 heterocycles. The van der Waals surface area contributed by atoms with Gasteiger partial charge in [0.05, 0.1) is 5.92 Å². The van der Waals surface area contributed by atoms with Crippen LogP contribution in [0.3, 0.4) is 0 Å². The number of fused-ring (bicyclic) bond motifs is 1. The van der Waals surface area contributed by atoms with Gasteiger partial charge < -0.3 is 5.11 Å². The van der Waals surface area contributed by atoms with Gasteiger partial charge in [-0.2, -0.15) is 0 Å². The van der Waals surface area contributed by atoms with Crippen molar-refractivity contribution < 1.29 is 9.90 Å². The van der Waals surface area contributed by atoms with Gasteiger partial charge in [-0.3, -0.25) is 4.79 Å². The second-order valence-corrected chi connectivity index (χ2v) is 2.77. The summed E-state index contributed by atoms with van der Waals surface area (Å²) in [5.74, 6) is 0.203. The fraction of sp³-hybridized carbons (Fsp3) is 0.571. The van der Waals surface area contributed by atoms with E-state index in [2.05, 4.69) is 6.08 Å². The predicted molar refractivity (Wildman–Crippen MR) is 31.9 cm³/mol. The minimum atomic E-state index is -0.616. The number of allylic oxidation sites excluding steroid dienone is 2. The second kappa shape index (κ2) is 1.38. The summed E-state index contributed by atoms with van der Waals surface area (Å²) in [6, 6.07) is 0. The van der Waals surface area contributed by atoms with E-state index in [1.807, 2.05) is 6.08 Å². The number of rotatable bonds is 1. The van der Waals surface area contributed by atoms with Crippen molar-refractivity contribution >= 4 is 5.97 Å². The Morgan fingerprint density at radius 3 is 2.78 bits per heavy atom. The summed E-state index contributed by atoms with van der Waals surface area (Å²) in [7, 11) is 0. The third-order valence-electron chi connectivity index (χ3n) is 2.28. The molecule has 0 radical (unpaired) electrons. The van der Waals surface area contributed by atoms with Crippen molar-refractivity contribution in [2.24, 2.45) is 17.8 Å². The maximum atomic E-state index is 10.3. The van der Waals surface area contributed by atoms with Crippen LogP contribution in [0.2, 0.25) is 0 Å². The van der Waals surface area contributed by atoms with Gasteiger partial charge in [0.15, 0.2) is 0 Å². The highest BCUT2D eigenvalue weighted by Crippen LogP contribution is 2.53. The van der Waals surface area contributed by atoms with Gasteiger partial charge in [-0.05, 0) is 18.3 Å². The van der Waals surface area contributed by atoms with Crippen LogP contribution >= 0.6 is 0 Å². The summed E-state index contributed by atoms with van der Waals surface area (Å²) in [6.07, 6.45) is 5.10. The lowest BCUT2D eigenvalue weighted by Gasteiger charge is -1.88. The molecule has 2 nitrogen and oxygen atoms in total. The van der Waals surface area contributed by atoms with E-state index in [0.717, 1.165) is 6.42 Å². The lowest BCUT2D eigenvalue weighted by atomic mass is 10.2. The van der Waals surface area contributed by atoms with Crippen LogP contribution in [0.1, 0.15) is 6.42 Å². The van der Waals surface area contributed by atoms with Crippen LogP contribution in [0, 0.1) is 17.8 Å². The minimum absolute atomic E-state index is 0.0324. The molecule has 0 aromatic heterocycles. The molecule has 0 bridgehead atoms. The normalized spacial score (nSPS) is 44.7. The molecule has 2 heteroatoms. The van der Waals surface area contributed by atoms with E-state index in [1.54, 1.807) is 0 Å². The average Bonchev–Trinajstić information content (AvgIpc) is 2.30. The first-order valence-electron chi connectivity index (χ1n) is 3.20. The maximum Gasteiger partial charge on any atom is 0.307 e. The Morgan fingerprint density at radius 2 is 2.44 bits per heavy atom. The lowest BCUT2D eigenvalue weighted by Crippen LogP contribution is -2.00. The molecule has 0 aromatic carbocycles. The van der Waals surface area contributed by atoms with Gasteiger partial charge in [-0.25, -0.2) is 0 Å². The smallest absolute Gasteiger partial charge is 0.307 e. The van der Waals surface area contributed by atoms with E-state index in [-0.39, 0.29) is 5.92 Å². The Labute approximate surface area is 53.2 Å². The molecule has 1 saturated carbocycles. The Balaban J connectivity index is 2.10. The van der Waals surface area contributed by atoms with Crippen LogP contribution in [-0.2, 0) is 4.79 Å².